The zero-order valence-electron chi connectivity index (χ0n) is 13.0. The van der Waals surface area contributed by atoms with Crippen LogP contribution in [-0.4, -0.2) is 18.4 Å². The Morgan fingerprint density at radius 2 is 1.95 bits per heavy atom. The van der Waals surface area contributed by atoms with Gasteiger partial charge in [0.1, 0.15) is 0 Å². The maximum absolute atomic E-state index is 11.9. The molecule has 1 aromatic carbocycles. The lowest BCUT2D eigenvalue weighted by atomic mass is 10.0. The monoisotopic (exact) mass is 291 g/mol. The first-order valence-corrected chi connectivity index (χ1v) is 7.30. The summed E-state index contributed by atoms with van der Waals surface area (Å²) in [6.45, 7) is 6.12. The number of nitrogens with two attached hydrogens (primary N) is 1. The number of nitrogens with one attached hydrogen (secondary N) is 2. The lowest BCUT2D eigenvalue weighted by Crippen LogP contribution is -2.14. The van der Waals surface area contributed by atoms with Crippen molar-refractivity contribution in [2.45, 2.75) is 40.0 Å². The Bertz CT molecular complexity index is 500. The molecule has 0 aliphatic heterocycles. The lowest BCUT2D eigenvalue weighted by molar-refractivity contribution is -0.116. The van der Waals surface area contributed by atoms with Gasteiger partial charge in [-0.1, -0.05) is 13.0 Å². The number of hydrogen-bond donors (Lipinski definition) is 3. The van der Waals surface area contributed by atoms with Crippen molar-refractivity contribution >= 4 is 23.2 Å². The molecule has 0 bridgehead atoms. The second-order valence-electron chi connectivity index (χ2n) is 5.48. The number of aryl methyl sites for hydroxylation is 1. The molecular formula is C16H25N3O2. The van der Waals surface area contributed by atoms with Crippen LogP contribution in [-0.2, 0) is 9.59 Å². The van der Waals surface area contributed by atoms with Crippen LogP contribution >= 0.6 is 0 Å². The number of hydrogen-bond acceptors (Lipinski definition) is 3. The van der Waals surface area contributed by atoms with E-state index in [0.29, 0.717) is 24.6 Å². The van der Waals surface area contributed by atoms with Crippen LogP contribution in [0.4, 0.5) is 11.4 Å². The van der Waals surface area contributed by atoms with Crippen molar-refractivity contribution in [3.05, 3.63) is 23.8 Å². The Balaban J connectivity index is 2.58. The van der Waals surface area contributed by atoms with E-state index in [1.54, 1.807) is 6.07 Å². The summed E-state index contributed by atoms with van der Waals surface area (Å²) >= 11 is 0. The molecule has 0 aliphatic rings. The van der Waals surface area contributed by atoms with Gasteiger partial charge in [-0.2, -0.15) is 0 Å². The van der Waals surface area contributed by atoms with E-state index < -0.39 is 0 Å². The molecule has 1 unspecified atom stereocenters. The standard InChI is InChI=1S/C16H25N3O2/c1-11(8-9-17)4-7-16(21)19-14-6-5-12(2)15(10-14)18-13(3)20/h5-6,10-11H,4,7-9,17H2,1-3H3,(H,18,20)(H,19,21). The number of rotatable bonds is 7. The molecule has 5 heteroatoms. The normalized spacial score (nSPS) is 11.8. The molecule has 21 heavy (non-hydrogen) atoms. The van der Waals surface area contributed by atoms with Crippen LogP contribution in [0, 0.1) is 12.8 Å². The Kier molecular flexibility index (Phi) is 6.88. The highest BCUT2D eigenvalue weighted by atomic mass is 16.2. The Hall–Kier alpha value is -1.88. The molecule has 0 aliphatic carbocycles. The van der Waals surface area contributed by atoms with Crippen LogP contribution in [0.2, 0.25) is 0 Å². The SMILES string of the molecule is CC(=O)Nc1cc(NC(=O)CCC(C)CCN)ccc1C. The van der Waals surface area contributed by atoms with Gasteiger partial charge in [0.2, 0.25) is 11.8 Å². The molecule has 116 valence electrons. The third-order valence-corrected chi connectivity index (χ3v) is 3.36. The third-order valence-electron chi connectivity index (χ3n) is 3.36. The molecule has 0 aromatic heterocycles. The molecule has 2 amide bonds. The average molecular weight is 291 g/mol. The molecule has 0 saturated carbocycles. The predicted octanol–water partition coefficient (Wildman–Crippen LogP) is 2.66. The molecule has 0 spiro atoms. The quantitative estimate of drug-likeness (QED) is 0.722. The molecule has 0 radical (unpaired) electrons. The molecule has 4 N–H and O–H groups in total. The largest absolute Gasteiger partial charge is 0.330 e. The van der Waals surface area contributed by atoms with Crippen molar-refractivity contribution < 1.29 is 9.59 Å². The fraction of sp³-hybridized carbons (Fsp3) is 0.500. The van der Waals surface area contributed by atoms with Crippen LogP contribution in [0.15, 0.2) is 18.2 Å². The Morgan fingerprint density at radius 1 is 1.24 bits per heavy atom. The summed E-state index contributed by atoms with van der Waals surface area (Å²) in [6, 6.07) is 5.48. The molecule has 0 fully saturated rings. The van der Waals surface area contributed by atoms with Crippen LogP contribution in [0.1, 0.15) is 38.7 Å². The first kappa shape index (κ1) is 17.2. The van der Waals surface area contributed by atoms with Crippen molar-refractivity contribution in [2.75, 3.05) is 17.2 Å². The molecule has 1 aromatic rings. The lowest BCUT2D eigenvalue weighted by Gasteiger charge is -2.12. The predicted molar refractivity (Wildman–Crippen MR) is 86.2 cm³/mol. The molecule has 1 atom stereocenters. The maximum atomic E-state index is 11.9. The summed E-state index contributed by atoms with van der Waals surface area (Å²) in [6.07, 6.45) is 2.24. The zero-order valence-corrected chi connectivity index (χ0v) is 13.0. The number of anilines is 2. The zero-order chi connectivity index (χ0) is 15.8. The Morgan fingerprint density at radius 3 is 2.57 bits per heavy atom. The summed E-state index contributed by atoms with van der Waals surface area (Å²) in [5.41, 5.74) is 7.87. The van der Waals surface area contributed by atoms with Crippen molar-refractivity contribution in [1.29, 1.82) is 0 Å². The van der Waals surface area contributed by atoms with E-state index in [9.17, 15) is 9.59 Å². The first-order chi connectivity index (χ1) is 9.92. The number of carbonyl (C=O) groups is 2. The third kappa shape index (κ3) is 6.40. The van der Waals surface area contributed by atoms with Gasteiger partial charge in [-0.3, -0.25) is 9.59 Å². The van der Waals surface area contributed by atoms with E-state index in [2.05, 4.69) is 17.6 Å². The van der Waals surface area contributed by atoms with Gasteiger partial charge in [-0.05, 0) is 49.9 Å². The highest BCUT2D eigenvalue weighted by Crippen LogP contribution is 2.20. The van der Waals surface area contributed by atoms with E-state index in [0.717, 1.165) is 24.1 Å². The minimum Gasteiger partial charge on any atom is -0.330 e. The van der Waals surface area contributed by atoms with Gasteiger partial charge < -0.3 is 16.4 Å². The minimum atomic E-state index is -0.128. The summed E-state index contributed by atoms with van der Waals surface area (Å²) in [5.74, 6) is 0.308. The average Bonchev–Trinajstić information content (AvgIpc) is 2.40. The van der Waals surface area contributed by atoms with Crippen molar-refractivity contribution in [1.82, 2.24) is 0 Å². The number of carbonyl (C=O) groups excluding carboxylic acids is 2. The minimum absolute atomic E-state index is 0.0171. The van der Waals surface area contributed by atoms with Crippen molar-refractivity contribution in [3.8, 4) is 0 Å². The highest BCUT2D eigenvalue weighted by molar-refractivity contribution is 5.93. The van der Waals surface area contributed by atoms with Gasteiger partial charge in [0.25, 0.3) is 0 Å². The van der Waals surface area contributed by atoms with Crippen molar-refractivity contribution in [2.24, 2.45) is 11.7 Å². The van der Waals surface area contributed by atoms with Gasteiger partial charge >= 0.3 is 0 Å². The van der Waals surface area contributed by atoms with Gasteiger partial charge in [-0.25, -0.2) is 0 Å². The molecule has 0 heterocycles. The summed E-state index contributed by atoms with van der Waals surface area (Å²) in [5, 5.41) is 5.61. The van der Waals surface area contributed by atoms with E-state index in [4.69, 9.17) is 5.73 Å². The van der Waals surface area contributed by atoms with E-state index >= 15 is 0 Å². The maximum Gasteiger partial charge on any atom is 0.224 e. The topological polar surface area (TPSA) is 84.2 Å². The van der Waals surface area contributed by atoms with Gasteiger partial charge in [0.15, 0.2) is 0 Å². The molecule has 0 saturated heterocycles. The highest BCUT2D eigenvalue weighted by Gasteiger charge is 2.08. The second-order valence-corrected chi connectivity index (χ2v) is 5.48. The fourth-order valence-corrected chi connectivity index (χ4v) is 2.05. The number of amides is 2. The van der Waals surface area contributed by atoms with Gasteiger partial charge in [0, 0.05) is 24.7 Å². The van der Waals surface area contributed by atoms with Crippen LogP contribution < -0.4 is 16.4 Å². The van der Waals surface area contributed by atoms with E-state index in [1.807, 2.05) is 19.1 Å². The summed E-state index contributed by atoms with van der Waals surface area (Å²) in [4.78, 5) is 23.0. The molecular weight excluding hydrogens is 266 g/mol. The van der Waals surface area contributed by atoms with Crippen LogP contribution in [0.25, 0.3) is 0 Å². The molecule has 1 rings (SSSR count). The summed E-state index contributed by atoms with van der Waals surface area (Å²) in [7, 11) is 0. The van der Waals surface area contributed by atoms with Crippen LogP contribution in [0.3, 0.4) is 0 Å². The smallest absolute Gasteiger partial charge is 0.224 e. The number of benzene rings is 1. The van der Waals surface area contributed by atoms with E-state index in [-0.39, 0.29) is 11.8 Å². The first-order valence-electron chi connectivity index (χ1n) is 7.30. The molecule has 5 nitrogen and oxygen atoms in total. The summed E-state index contributed by atoms with van der Waals surface area (Å²) < 4.78 is 0. The van der Waals surface area contributed by atoms with Gasteiger partial charge in [0.05, 0.1) is 0 Å². The van der Waals surface area contributed by atoms with Gasteiger partial charge in [-0.15, -0.1) is 0 Å². The second kappa shape index (κ2) is 8.42. The van der Waals surface area contributed by atoms with E-state index in [1.165, 1.54) is 6.92 Å². The Labute approximate surface area is 126 Å². The van der Waals surface area contributed by atoms with Crippen molar-refractivity contribution in [3.63, 3.8) is 0 Å². The van der Waals surface area contributed by atoms with Crippen LogP contribution in [0.5, 0.6) is 0 Å². The fourth-order valence-electron chi connectivity index (χ4n) is 2.05.